The van der Waals surface area contributed by atoms with Crippen molar-refractivity contribution in [1.29, 1.82) is 0 Å². The lowest BCUT2D eigenvalue weighted by molar-refractivity contribution is 1.02. The van der Waals surface area contributed by atoms with Crippen molar-refractivity contribution in [3.8, 4) is 11.1 Å². The topological polar surface area (TPSA) is 51.6 Å². The molecule has 0 aliphatic carbocycles. The molecule has 0 radical (unpaired) electrons. The van der Waals surface area contributed by atoms with Gasteiger partial charge in [0.25, 0.3) is 0 Å². The highest BCUT2D eigenvalue weighted by molar-refractivity contribution is 5.59. The Hall–Kier alpha value is -1.84. The van der Waals surface area contributed by atoms with E-state index in [1.807, 2.05) is 13.0 Å². The monoisotopic (exact) mass is 172 g/mol. The summed E-state index contributed by atoms with van der Waals surface area (Å²) >= 11 is 0. The Morgan fingerprint density at radius 2 is 1.69 bits per heavy atom. The van der Waals surface area contributed by atoms with Crippen molar-refractivity contribution in [2.75, 3.05) is 0 Å². The molecule has 13 heavy (non-hydrogen) atoms. The first-order valence-electron chi connectivity index (χ1n) is 3.92. The van der Waals surface area contributed by atoms with E-state index in [0.717, 1.165) is 17.0 Å². The van der Waals surface area contributed by atoms with E-state index >= 15 is 0 Å². The highest BCUT2D eigenvalue weighted by Crippen LogP contribution is 2.14. The van der Waals surface area contributed by atoms with E-state index in [0.29, 0.717) is 0 Å². The van der Waals surface area contributed by atoms with Crippen LogP contribution in [0.25, 0.3) is 11.1 Å². The second-order valence-electron chi connectivity index (χ2n) is 2.65. The van der Waals surface area contributed by atoms with Gasteiger partial charge in [0.2, 0.25) is 0 Å². The van der Waals surface area contributed by atoms with Crippen LogP contribution in [0.2, 0.25) is 0 Å². The zero-order valence-corrected chi connectivity index (χ0v) is 7.18. The van der Waals surface area contributed by atoms with E-state index in [2.05, 4.69) is 20.2 Å². The van der Waals surface area contributed by atoms with Crippen molar-refractivity contribution < 1.29 is 0 Å². The van der Waals surface area contributed by atoms with Crippen LogP contribution in [0.15, 0.2) is 30.9 Å². The van der Waals surface area contributed by atoms with Gasteiger partial charge in [-0.25, -0.2) is 9.97 Å². The van der Waals surface area contributed by atoms with Crippen LogP contribution in [0.5, 0.6) is 0 Å². The summed E-state index contributed by atoms with van der Waals surface area (Å²) in [5.74, 6) is 0.769. The zero-order valence-electron chi connectivity index (χ0n) is 7.18. The fourth-order valence-corrected chi connectivity index (χ4v) is 1.00. The summed E-state index contributed by atoms with van der Waals surface area (Å²) in [5, 5.41) is 7.48. The van der Waals surface area contributed by atoms with E-state index in [4.69, 9.17) is 0 Å². The number of aryl methyl sites for hydroxylation is 1. The summed E-state index contributed by atoms with van der Waals surface area (Å²) in [5.41, 5.74) is 1.94. The lowest BCUT2D eigenvalue weighted by atomic mass is 10.2. The first kappa shape index (κ1) is 7.79. The van der Waals surface area contributed by atoms with Gasteiger partial charge >= 0.3 is 0 Å². The molecule has 0 N–H and O–H groups in total. The minimum atomic E-state index is 0.769. The molecule has 0 aromatic carbocycles. The Morgan fingerprint density at radius 3 is 2.31 bits per heavy atom. The highest BCUT2D eigenvalue weighted by Gasteiger charge is 1.97. The Kier molecular flexibility index (Phi) is 1.96. The van der Waals surface area contributed by atoms with Crippen LogP contribution in [0.1, 0.15) is 5.82 Å². The van der Waals surface area contributed by atoms with Crippen molar-refractivity contribution in [2.45, 2.75) is 6.92 Å². The van der Waals surface area contributed by atoms with Gasteiger partial charge < -0.3 is 0 Å². The maximum Gasteiger partial charge on any atom is 0.125 e. The van der Waals surface area contributed by atoms with E-state index in [1.165, 1.54) is 0 Å². The molecule has 0 saturated heterocycles. The van der Waals surface area contributed by atoms with Crippen LogP contribution in [-0.2, 0) is 0 Å². The van der Waals surface area contributed by atoms with E-state index < -0.39 is 0 Å². The quantitative estimate of drug-likeness (QED) is 0.649. The van der Waals surface area contributed by atoms with Crippen molar-refractivity contribution in [3.05, 3.63) is 36.7 Å². The highest BCUT2D eigenvalue weighted by atomic mass is 15.1. The third kappa shape index (κ3) is 1.66. The summed E-state index contributed by atoms with van der Waals surface area (Å²) in [6.45, 7) is 1.86. The van der Waals surface area contributed by atoms with E-state index in [-0.39, 0.29) is 0 Å². The molecule has 64 valence electrons. The predicted octanol–water partition coefficient (Wildman–Crippen LogP) is 1.24. The van der Waals surface area contributed by atoms with Crippen molar-refractivity contribution in [2.24, 2.45) is 0 Å². The average molecular weight is 172 g/mol. The molecule has 0 bridgehead atoms. The number of hydrogen-bond donors (Lipinski definition) is 0. The zero-order chi connectivity index (χ0) is 9.10. The third-order valence-corrected chi connectivity index (χ3v) is 1.70. The van der Waals surface area contributed by atoms with Crippen molar-refractivity contribution in [3.63, 3.8) is 0 Å². The molecule has 2 rings (SSSR count). The van der Waals surface area contributed by atoms with Crippen molar-refractivity contribution >= 4 is 0 Å². The van der Waals surface area contributed by atoms with Crippen LogP contribution in [-0.4, -0.2) is 20.2 Å². The number of aromatic nitrogens is 4. The van der Waals surface area contributed by atoms with Gasteiger partial charge in [0.05, 0.1) is 12.4 Å². The molecule has 0 spiro atoms. The normalized spacial score (nSPS) is 9.92. The minimum absolute atomic E-state index is 0.769. The van der Waals surface area contributed by atoms with Gasteiger partial charge in [-0.3, -0.25) is 0 Å². The number of hydrogen-bond acceptors (Lipinski definition) is 4. The molecule has 0 amide bonds. The van der Waals surface area contributed by atoms with Gasteiger partial charge in [0, 0.05) is 23.5 Å². The predicted molar refractivity (Wildman–Crippen MR) is 47.8 cm³/mol. The number of rotatable bonds is 1. The van der Waals surface area contributed by atoms with Gasteiger partial charge in [-0.2, -0.15) is 10.2 Å². The average Bonchev–Trinajstić information content (AvgIpc) is 2.20. The lowest BCUT2D eigenvalue weighted by Crippen LogP contribution is -1.88. The first-order valence-corrected chi connectivity index (χ1v) is 3.92. The maximum atomic E-state index is 4.10. The van der Waals surface area contributed by atoms with Crippen LogP contribution >= 0.6 is 0 Å². The molecule has 2 aromatic heterocycles. The summed E-state index contributed by atoms with van der Waals surface area (Å²) in [6.07, 6.45) is 6.89. The van der Waals surface area contributed by atoms with Gasteiger partial charge in [0.15, 0.2) is 0 Å². The first-order chi connectivity index (χ1) is 6.36. The lowest BCUT2D eigenvalue weighted by Gasteiger charge is -1.98. The Morgan fingerprint density at radius 1 is 0.923 bits per heavy atom. The van der Waals surface area contributed by atoms with E-state index in [1.54, 1.807) is 24.8 Å². The second-order valence-corrected chi connectivity index (χ2v) is 2.65. The summed E-state index contributed by atoms with van der Waals surface area (Å²) < 4.78 is 0. The van der Waals surface area contributed by atoms with Gasteiger partial charge in [-0.05, 0) is 13.0 Å². The standard InChI is InChI=1S/C9H8N4/c1-7-10-4-9(5-11-7)8-2-3-12-13-6-8/h2-6H,1H3. The van der Waals surface area contributed by atoms with Gasteiger partial charge in [0.1, 0.15) is 5.82 Å². The van der Waals surface area contributed by atoms with Crippen molar-refractivity contribution in [1.82, 2.24) is 20.2 Å². The van der Waals surface area contributed by atoms with E-state index in [9.17, 15) is 0 Å². The van der Waals surface area contributed by atoms with Crippen LogP contribution in [0, 0.1) is 6.92 Å². The Labute approximate surface area is 75.7 Å². The van der Waals surface area contributed by atoms with Gasteiger partial charge in [-0.1, -0.05) is 0 Å². The molecule has 4 heteroatoms. The summed E-state index contributed by atoms with van der Waals surface area (Å²) in [7, 11) is 0. The molecule has 2 heterocycles. The molecule has 0 aliphatic heterocycles. The molecule has 0 fully saturated rings. The molecule has 0 aliphatic rings. The minimum Gasteiger partial charge on any atom is -0.241 e. The fraction of sp³-hybridized carbons (Fsp3) is 0.111. The Bertz CT molecular complexity index is 382. The number of nitrogens with zero attached hydrogens (tertiary/aromatic N) is 4. The molecule has 4 nitrogen and oxygen atoms in total. The molecule has 0 atom stereocenters. The molecule has 0 saturated carbocycles. The summed E-state index contributed by atoms with van der Waals surface area (Å²) in [6, 6.07) is 1.88. The van der Waals surface area contributed by atoms with Gasteiger partial charge in [-0.15, -0.1) is 0 Å². The third-order valence-electron chi connectivity index (χ3n) is 1.70. The maximum absolute atomic E-state index is 4.10. The van der Waals surface area contributed by atoms with Crippen LogP contribution in [0.4, 0.5) is 0 Å². The fourth-order valence-electron chi connectivity index (χ4n) is 1.00. The van der Waals surface area contributed by atoms with Crippen LogP contribution < -0.4 is 0 Å². The molecular weight excluding hydrogens is 164 g/mol. The smallest absolute Gasteiger partial charge is 0.125 e. The molecular formula is C9H8N4. The second kappa shape index (κ2) is 3.26. The SMILES string of the molecule is Cc1ncc(-c2ccnnc2)cn1. The molecule has 0 unspecified atom stereocenters. The Balaban J connectivity index is 2.42. The van der Waals surface area contributed by atoms with Crippen LogP contribution in [0.3, 0.4) is 0 Å². The summed E-state index contributed by atoms with van der Waals surface area (Å²) in [4.78, 5) is 8.19. The molecule has 2 aromatic rings. The largest absolute Gasteiger partial charge is 0.241 e.